The van der Waals surface area contributed by atoms with Crippen molar-refractivity contribution in [3.63, 3.8) is 0 Å². The fourth-order valence-electron chi connectivity index (χ4n) is 3.81. The third-order valence-electron chi connectivity index (χ3n) is 6.00. The van der Waals surface area contributed by atoms with Crippen LogP contribution in [0, 0.1) is 0 Å². The molecule has 0 aromatic heterocycles. The number of unbranched alkanes of at least 4 members (excludes halogenated alkanes) is 8. The van der Waals surface area contributed by atoms with Crippen LogP contribution in [0.5, 0.6) is 0 Å². The Hall–Kier alpha value is 1.48. The van der Waals surface area contributed by atoms with Crippen molar-refractivity contribution in [3.05, 3.63) is 0 Å². The van der Waals surface area contributed by atoms with E-state index in [1.54, 1.807) is 0 Å². The summed E-state index contributed by atoms with van der Waals surface area (Å²) in [5.74, 6) is 0. The van der Waals surface area contributed by atoms with Gasteiger partial charge < -0.3 is 0 Å². The summed E-state index contributed by atoms with van der Waals surface area (Å²) in [4.78, 5) is 0. The minimum atomic E-state index is -3.06. The van der Waals surface area contributed by atoms with E-state index < -0.39 is 38.4 Å². The molecule has 0 bridgehead atoms. The van der Waals surface area contributed by atoms with Crippen LogP contribution in [0.1, 0.15) is 119 Å². The number of hydrogen-bond acceptors (Lipinski definition) is 3. The first kappa shape index (κ1) is 30.5. The first-order valence-corrected chi connectivity index (χ1v) is 25.8. The Balaban J connectivity index is 5.18. The Morgan fingerprint density at radius 2 is 0.828 bits per heavy atom. The summed E-state index contributed by atoms with van der Waals surface area (Å²) in [7, 11) is 0. The molecule has 0 aromatic rings. The van der Waals surface area contributed by atoms with E-state index in [0.29, 0.717) is 0 Å². The molecule has 29 heavy (non-hydrogen) atoms. The van der Waals surface area contributed by atoms with Crippen molar-refractivity contribution < 1.29 is 7.56 Å². The molecule has 0 spiro atoms. The molecule has 3 nitrogen and oxygen atoms in total. The summed E-state index contributed by atoms with van der Waals surface area (Å²) in [6.45, 7) is 15.7. The van der Waals surface area contributed by atoms with Crippen LogP contribution in [0.2, 0.25) is 17.7 Å². The van der Waals surface area contributed by atoms with Crippen LogP contribution in [-0.2, 0) is 7.56 Å². The van der Waals surface area contributed by atoms with Crippen molar-refractivity contribution in [1.29, 1.82) is 0 Å². The molecule has 0 radical (unpaired) electrons. The van der Waals surface area contributed by atoms with Gasteiger partial charge in [0, 0.05) is 0 Å². The Morgan fingerprint density at radius 3 is 1.14 bits per heavy atom. The molecule has 5 heteroatoms. The van der Waals surface area contributed by atoms with Crippen molar-refractivity contribution in [2.45, 2.75) is 136 Å². The zero-order valence-corrected chi connectivity index (χ0v) is 26.7. The molecule has 0 aliphatic rings. The fourth-order valence-corrected chi connectivity index (χ4v) is 44.2. The van der Waals surface area contributed by atoms with Crippen molar-refractivity contribution in [2.75, 3.05) is 13.2 Å². The molecule has 0 heterocycles. The summed E-state index contributed by atoms with van der Waals surface area (Å²) >= 11 is -6.12. The molecular formula is C24H54O3Sn2. The van der Waals surface area contributed by atoms with Crippen LogP contribution in [0.3, 0.4) is 0 Å². The van der Waals surface area contributed by atoms with Gasteiger partial charge in [-0.1, -0.05) is 0 Å². The average molecular weight is 628 g/mol. The molecule has 176 valence electrons. The Morgan fingerprint density at radius 1 is 0.448 bits per heavy atom. The van der Waals surface area contributed by atoms with E-state index >= 15 is 0 Å². The molecule has 0 fully saturated rings. The summed E-state index contributed by atoms with van der Waals surface area (Å²) < 4.78 is 25.6. The molecular weight excluding hydrogens is 574 g/mol. The van der Waals surface area contributed by atoms with Crippen LogP contribution in [0.15, 0.2) is 0 Å². The van der Waals surface area contributed by atoms with Gasteiger partial charge in [-0.2, -0.15) is 0 Å². The second-order valence-corrected chi connectivity index (χ2v) is 32.1. The normalized spacial score (nSPS) is 15.9. The topological polar surface area (TPSA) is 27.7 Å². The van der Waals surface area contributed by atoms with Gasteiger partial charge in [-0.3, -0.25) is 0 Å². The molecule has 0 saturated heterocycles. The SMILES string of the molecule is CCCCCC[O][Sn]([CH2]C)([CH2]CCC)[O][Sn]([CH2]C)([CH2]CCC)[O]CCCCCC. The maximum atomic E-state index is 7.32. The zero-order valence-electron chi connectivity index (χ0n) is 21.0. The molecule has 0 N–H and O–H groups in total. The first-order valence-electron chi connectivity index (χ1n) is 13.1. The van der Waals surface area contributed by atoms with E-state index in [0.717, 1.165) is 22.1 Å². The van der Waals surface area contributed by atoms with Crippen LogP contribution in [-0.4, -0.2) is 51.6 Å². The van der Waals surface area contributed by atoms with E-state index in [-0.39, 0.29) is 0 Å². The molecule has 0 aliphatic heterocycles. The van der Waals surface area contributed by atoms with Crippen LogP contribution >= 0.6 is 0 Å². The molecule has 0 aromatic carbocycles. The van der Waals surface area contributed by atoms with Crippen LogP contribution in [0.4, 0.5) is 0 Å². The quantitative estimate of drug-likeness (QED) is 0.0888. The Bertz CT molecular complexity index is 325. The Kier molecular flexibility index (Phi) is 21.1. The van der Waals surface area contributed by atoms with Gasteiger partial charge in [0.05, 0.1) is 0 Å². The van der Waals surface area contributed by atoms with Crippen molar-refractivity contribution in [2.24, 2.45) is 0 Å². The maximum absolute atomic E-state index is 7.32. The van der Waals surface area contributed by atoms with E-state index in [1.807, 2.05) is 0 Å². The predicted octanol–water partition coefficient (Wildman–Crippen LogP) is 8.72. The van der Waals surface area contributed by atoms with Crippen LogP contribution in [0.25, 0.3) is 0 Å². The molecule has 2 atom stereocenters. The minimum absolute atomic E-state index is 0.920. The van der Waals surface area contributed by atoms with Gasteiger partial charge in [0.1, 0.15) is 0 Å². The van der Waals surface area contributed by atoms with Gasteiger partial charge in [-0.05, 0) is 0 Å². The van der Waals surface area contributed by atoms with Gasteiger partial charge in [0.2, 0.25) is 0 Å². The molecule has 2 unspecified atom stereocenters. The van der Waals surface area contributed by atoms with Crippen LogP contribution < -0.4 is 0 Å². The third-order valence-corrected chi connectivity index (χ3v) is 39.1. The number of hydrogen-bond donors (Lipinski definition) is 0. The first-order chi connectivity index (χ1) is 14.1. The molecule has 0 rings (SSSR count). The summed E-state index contributed by atoms with van der Waals surface area (Å²) in [5, 5.41) is 0. The Labute approximate surface area is 194 Å². The van der Waals surface area contributed by atoms with E-state index in [2.05, 4.69) is 41.5 Å². The van der Waals surface area contributed by atoms with Crippen molar-refractivity contribution in [1.82, 2.24) is 0 Å². The summed E-state index contributed by atoms with van der Waals surface area (Å²) in [6.07, 6.45) is 15.2. The molecule has 0 saturated carbocycles. The van der Waals surface area contributed by atoms with E-state index in [9.17, 15) is 0 Å². The van der Waals surface area contributed by atoms with E-state index in [1.165, 1.54) is 85.9 Å². The molecule has 0 aliphatic carbocycles. The summed E-state index contributed by atoms with van der Waals surface area (Å²) in [6, 6.07) is 0. The second-order valence-electron chi connectivity index (χ2n) is 8.66. The zero-order chi connectivity index (χ0) is 21.8. The van der Waals surface area contributed by atoms with Gasteiger partial charge in [0.15, 0.2) is 0 Å². The fraction of sp³-hybridized carbons (Fsp3) is 1.00. The second kappa shape index (κ2) is 20.1. The van der Waals surface area contributed by atoms with Crippen molar-refractivity contribution >= 4 is 38.4 Å². The number of rotatable bonds is 22. The van der Waals surface area contributed by atoms with E-state index in [4.69, 9.17) is 7.56 Å². The standard InChI is InChI=1S/2C6H13O.2C4H9.2C2H5.O.2Sn/c2*1-2-3-4-5-6-7;2*1-3-4-2;2*1-2;;;/h2*2-6H2,1H3;2*1,3-4H2,2H3;2*1H2,2H3;;;/q2*-1;;;;;;2*+1. The summed E-state index contributed by atoms with van der Waals surface area (Å²) in [5.41, 5.74) is 0. The van der Waals surface area contributed by atoms with Gasteiger partial charge in [-0.25, -0.2) is 0 Å². The third kappa shape index (κ3) is 14.3. The van der Waals surface area contributed by atoms with Crippen molar-refractivity contribution in [3.8, 4) is 0 Å². The van der Waals surface area contributed by atoms with Gasteiger partial charge in [-0.15, -0.1) is 0 Å². The van der Waals surface area contributed by atoms with Gasteiger partial charge in [0.25, 0.3) is 0 Å². The van der Waals surface area contributed by atoms with Gasteiger partial charge >= 0.3 is 196 Å². The molecule has 0 amide bonds. The predicted molar refractivity (Wildman–Crippen MR) is 133 cm³/mol. The monoisotopic (exact) mass is 630 g/mol. The average Bonchev–Trinajstić information content (AvgIpc) is 2.75.